The van der Waals surface area contributed by atoms with Gasteiger partial charge < -0.3 is 14.4 Å². The number of nitrogens with zero attached hydrogens (tertiary/aromatic N) is 3. The summed E-state index contributed by atoms with van der Waals surface area (Å²) in [4.78, 5) is 18.3. The Balaban J connectivity index is 1.48. The number of likely N-dealkylation sites (N-methyl/N-ethyl adjacent to an activating group) is 1. The van der Waals surface area contributed by atoms with Crippen molar-refractivity contribution in [2.45, 2.75) is 31.0 Å². The van der Waals surface area contributed by atoms with Gasteiger partial charge in [0.25, 0.3) is 0 Å². The number of nitrogens with one attached hydrogen (secondary N) is 1. The van der Waals surface area contributed by atoms with Crippen molar-refractivity contribution < 1.29 is 14.3 Å². The monoisotopic (exact) mass is 362 g/mol. The summed E-state index contributed by atoms with van der Waals surface area (Å²) in [5.74, 6) is 2.87. The number of hydrogen-bond acceptors (Lipinski definition) is 6. The molecule has 1 aliphatic rings. The van der Waals surface area contributed by atoms with E-state index >= 15 is 0 Å². The SMILES string of the molecule is CC(C)c1nc(SCC(=O)N(C)CC2COc3ccccc3O2)n[nH]1. The predicted octanol–water partition coefficient (Wildman–Crippen LogP) is 2.32. The van der Waals surface area contributed by atoms with Crippen LogP contribution < -0.4 is 9.47 Å². The Morgan fingerprint density at radius 1 is 1.40 bits per heavy atom. The molecule has 1 aliphatic heterocycles. The molecule has 1 amide bonds. The van der Waals surface area contributed by atoms with E-state index in [1.165, 1.54) is 11.8 Å². The van der Waals surface area contributed by atoms with E-state index in [0.717, 1.165) is 17.3 Å². The summed E-state index contributed by atoms with van der Waals surface area (Å²) in [7, 11) is 1.77. The molecule has 25 heavy (non-hydrogen) atoms. The van der Waals surface area contributed by atoms with Crippen molar-refractivity contribution in [1.29, 1.82) is 0 Å². The van der Waals surface area contributed by atoms with Crippen LogP contribution in [0.5, 0.6) is 11.5 Å². The summed E-state index contributed by atoms with van der Waals surface area (Å²) < 4.78 is 11.6. The minimum absolute atomic E-state index is 0.00311. The van der Waals surface area contributed by atoms with Gasteiger partial charge in [0.15, 0.2) is 17.6 Å². The lowest BCUT2D eigenvalue weighted by Gasteiger charge is -2.29. The van der Waals surface area contributed by atoms with Crippen LogP contribution in [-0.2, 0) is 4.79 Å². The van der Waals surface area contributed by atoms with Crippen LogP contribution in [0, 0.1) is 0 Å². The number of hydrogen-bond donors (Lipinski definition) is 1. The second kappa shape index (κ2) is 7.77. The first kappa shape index (κ1) is 17.6. The first-order valence-electron chi connectivity index (χ1n) is 8.20. The summed E-state index contributed by atoms with van der Waals surface area (Å²) >= 11 is 1.33. The number of carbonyl (C=O) groups is 1. The lowest BCUT2D eigenvalue weighted by molar-refractivity contribution is -0.128. The van der Waals surface area contributed by atoms with Gasteiger partial charge in [-0.25, -0.2) is 4.98 Å². The first-order valence-corrected chi connectivity index (χ1v) is 9.19. The highest BCUT2D eigenvalue weighted by Crippen LogP contribution is 2.31. The van der Waals surface area contributed by atoms with Gasteiger partial charge in [-0.3, -0.25) is 9.89 Å². The van der Waals surface area contributed by atoms with E-state index in [-0.39, 0.29) is 23.7 Å². The molecule has 0 spiro atoms. The molecule has 1 N–H and O–H groups in total. The zero-order valence-corrected chi connectivity index (χ0v) is 15.4. The second-order valence-corrected chi connectivity index (χ2v) is 7.16. The Labute approximate surface area is 151 Å². The van der Waals surface area contributed by atoms with Crippen LogP contribution in [-0.4, -0.2) is 58.0 Å². The number of fused-ring (bicyclic) bond motifs is 1. The zero-order valence-electron chi connectivity index (χ0n) is 14.6. The summed E-state index contributed by atoms with van der Waals surface area (Å²) in [6.45, 7) is 4.98. The molecule has 0 bridgehead atoms. The van der Waals surface area contributed by atoms with Crippen molar-refractivity contribution in [3.05, 3.63) is 30.1 Å². The number of carbonyl (C=O) groups excluding carboxylic acids is 1. The molecule has 2 heterocycles. The van der Waals surface area contributed by atoms with E-state index in [2.05, 4.69) is 15.2 Å². The number of aromatic nitrogens is 3. The second-order valence-electron chi connectivity index (χ2n) is 6.22. The highest BCUT2D eigenvalue weighted by atomic mass is 32.2. The molecule has 0 fully saturated rings. The number of rotatable bonds is 6. The fourth-order valence-electron chi connectivity index (χ4n) is 2.38. The van der Waals surface area contributed by atoms with E-state index in [9.17, 15) is 4.79 Å². The lowest BCUT2D eigenvalue weighted by Crippen LogP contribution is -2.42. The summed E-state index contributed by atoms with van der Waals surface area (Å²) in [5, 5.41) is 7.60. The van der Waals surface area contributed by atoms with Crippen LogP contribution in [0.3, 0.4) is 0 Å². The van der Waals surface area contributed by atoms with Crippen LogP contribution >= 0.6 is 11.8 Å². The highest BCUT2D eigenvalue weighted by Gasteiger charge is 2.23. The van der Waals surface area contributed by atoms with E-state index in [1.54, 1.807) is 11.9 Å². The van der Waals surface area contributed by atoms with E-state index in [1.807, 2.05) is 38.1 Å². The molecule has 1 atom stereocenters. The maximum atomic E-state index is 12.3. The minimum atomic E-state index is -0.176. The Bertz CT molecular complexity index is 734. The molecular weight excluding hydrogens is 340 g/mol. The average Bonchev–Trinajstić information content (AvgIpc) is 3.09. The number of aromatic amines is 1. The van der Waals surface area contributed by atoms with Crippen molar-refractivity contribution in [3.63, 3.8) is 0 Å². The summed E-state index contributed by atoms with van der Waals surface area (Å²) in [6.07, 6.45) is -0.176. The standard InChI is InChI=1S/C17H22N4O3S/c1-11(2)16-18-17(20-19-16)25-10-15(22)21(3)8-12-9-23-13-6-4-5-7-14(13)24-12/h4-7,11-12H,8-10H2,1-3H3,(H,18,19,20). The number of amides is 1. The van der Waals surface area contributed by atoms with Gasteiger partial charge in [-0.2, -0.15) is 0 Å². The fourth-order valence-corrected chi connectivity index (χ4v) is 3.12. The van der Waals surface area contributed by atoms with Gasteiger partial charge in [0, 0.05) is 13.0 Å². The summed E-state index contributed by atoms with van der Waals surface area (Å²) in [6, 6.07) is 7.55. The maximum absolute atomic E-state index is 12.3. The molecule has 1 aromatic carbocycles. The van der Waals surface area contributed by atoms with Gasteiger partial charge in [-0.15, -0.1) is 5.10 Å². The first-order chi connectivity index (χ1) is 12.0. The third-order valence-electron chi connectivity index (χ3n) is 3.82. The van der Waals surface area contributed by atoms with E-state index < -0.39 is 0 Å². The van der Waals surface area contributed by atoms with Crippen molar-refractivity contribution in [2.24, 2.45) is 0 Å². The smallest absolute Gasteiger partial charge is 0.232 e. The van der Waals surface area contributed by atoms with Crippen LogP contribution in [0.2, 0.25) is 0 Å². The molecule has 134 valence electrons. The Morgan fingerprint density at radius 3 is 2.88 bits per heavy atom. The highest BCUT2D eigenvalue weighted by molar-refractivity contribution is 7.99. The molecular formula is C17H22N4O3S. The van der Waals surface area contributed by atoms with Crippen LogP contribution in [0.15, 0.2) is 29.4 Å². The normalized spacial score (nSPS) is 16.1. The number of ether oxygens (including phenoxy) is 2. The molecule has 1 unspecified atom stereocenters. The molecule has 1 aromatic heterocycles. The third kappa shape index (κ3) is 4.45. The van der Waals surface area contributed by atoms with Crippen molar-refractivity contribution >= 4 is 17.7 Å². The summed E-state index contributed by atoms with van der Waals surface area (Å²) in [5.41, 5.74) is 0. The molecule has 8 heteroatoms. The van der Waals surface area contributed by atoms with Gasteiger partial charge in [-0.1, -0.05) is 37.7 Å². The lowest BCUT2D eigenvalue weighted by atomic mass is 10.2. The number of benzene rings is 1. The molecule has 3 rings (SSSR count). The number of H-pyrrole nitrogens is 1. The number of para-hydroxylation sites is 2. The largest absolute Gasteiger partial charge is 0.486 e. The molecule has 0 radical (unpaired) electrons. The Kier molecular flexibility index (Phi) is 5.47. The Morgan fingerprint density at radius 2 is 2.16 bits per heavy atom. The molecule has 0 saturated carbocycles. The quantitative estimate of drug-likeness (QED) is 0.795. The third-order valence-corrected chi connectivity index (χ3v) is 4.66. The van der Waals surface area contributed by atoms with Crippen molar-refractivity contribution in [2.75, 3.05) is 26.0 Å². The average molecular weight is 362 g/mol. The van der Waals surface area contributed by atoms with Crippen LogP contribution in [0.4, 0.5) is 0 Å². The molecule has 2 aromatic rings. The predicted molar refractivity (Wildman–Crippen MR) is 95.2 cm³/mol. The van der Waals surface area contributed by atoms with Gasteiger partial charge in [0.2, 0.25) is 11.1 Å². The minimum Gasteiger partial charge on any atom is -0.486 e. The van der Waals surface area contributed by atoms with Gasteiger partial charge in [0.1, 0.15) is 12.4 Å². The van der Waals surface area contributed by atoms with E-state index in [0.29, 0.717) is 18.3 Å². The number of thioether (sulfide) groups is 1. The fraction of sp³-hybridized carbons (Fsp3) is 0.471. The van der Waals surface area contributed by atoms with Crippen LogP contribution in [0.1, 0.15) is 25.6 Å². The maximum Gasteiger partial charge on any atom is 0.232 e. The zero-order chi connectivity index (χ0) is 17.8. The topological polar surface area (TPSA) is 80.3 Å². The van der Waals surface area contributed by atoms with Crippen LogP contribution in [0.25, 0.3) is 0 Å². The van der Waals surface area contributed by atoms with E-state index in [4.69, 9.17) is 9.47 Å². The van der Waals surface area contributed by atoms with Gasteiger partial charge >= 0.3 is 0 Å². The molecule has 0 saturated heterocycles. The van der Waals surface area contributed by atoms with Gasteiger partial charge in [0.05, 0.1) is 12.3 Å². The molecule has 0 aliphatic carbocycles. The van der Waals surface area contributed by atoms with Crippen molar-refractivity contribution in [3.8, 4) is 11.5 Å². The molecule has 7 nitrogen and oxygen atoms in total. The Hall–Kier alpha value is -2.22. The van der Waals surface area contributed by atoms with Gasteiger partial charge in [-0.05, 0) is 12.1 Å². The van der Waals surface area contributed by atoms with Crippen molar-refractivity contribution in [1.82, 2.24) is 20.1 Å².